The second-order valence-corrected chi connectivity index (χ2v) is 10.6. The minimum absolute atomic E-state index is 0.0311. The predicted molar refractivity (Wildman–Crippen MR) is 89.7 cm³/mol. The van der Waals surface area contributed by atoms with Gasteiger partial charge in [0.25, 0.3) is 0 Å². The molecule has 1 heterocycles. The fraction of sp³-hybridized carbons (Fsp3) is 0.938. The molecular weight excluding hydrogens is 316 g/mol. The number of ether oxygens (including phenoxy) is 1. The summed E-state index contributed by atoms with van der Waals surface area (Å²) < 4.78 is 32.1. The van der Waals surface area contributed by atoms with Crippen molar-refractivity contribution in [3.05, 3.63) is 0 Å². The lowest BCUT2D eigenvalue weighted by atomic mass is 9.68. The molecule has 1 saturated heterocycles. The maximum absolute atomic E-state index is 12.0. The van der Waals surface area contributed by atoms with E-state index in [4.69, 9.17) is 4.74 Å². The number of rotatable bonds is 3. The van der Waals surface area contributed by atoms with E-state index in [1.54, 1.807) is 18.7 Å². The molecule has 134 valence electrons. The molecule has 2 fully saturated rings. The summed E-state index contributed by atoms with van der Waals surface area (Å²) in [6.45, 7) is 10.4. The number of hydrogen-bond acceptors (Lipinski definition) is 4. The molecule has 1 spiro atoms. The second kappa shape index (κ2) is 6.24. The zero-order valence-corrected chi connectivity index (χ0v) is 15.7. The van der Waals surface area contributed by atoms with Crippen LogP contribution in [0.25, 0.3) is 0 Å². The standard InChI is InChI=1S/C16H30N2O4S/c1-12(2)23(20,21)17-13-6-8-16(9-7-13)10-18(11-16)14(19)22-15(3,4)5/h12-13,17H,6-11H2,1-5H3. The van der Waals surface area contributed by atoms with Gasteiger partial charge < -0.3 is 9.64 Å². The van der Waals surface area contributed by atoms with Crippen molar-refractivity contribution in [2.75, 3.05) is 13.1 Å². The summed E-state index contributed by atoms with van der Waals surface area (Å²) in [6, 6.07) is 0.0311. The van der Waals surface area contributed by atoms with E-state index in [2.05, 4.69) is 4.72 Å². The van der Waals surface area contributed by atoms with Crippen LogP contribution < -0.4 is 4.72 Å². The highest BCUT2D eigenvalue weighted by Crippen LogP contribution is 2.44. The molecular formula is C16H30N2O4S. The van der Waals surface area contributed by atoms with Crippen molar-refractivity contribution in [1.29, 1.82) is 0 Å². The first-order chi connectivity index (χ1) is 10.4. The van der Waals surface area contributed by atoms with Crippen LogP contribution >= 0.6 is 0 Å². The summed E-state index contributed by atoms with van der Waals surface area (Å²) in [6.07, 6.45) is 3.35. The third-order valence-corrected chi connectivity index (χ3v) is 6.61. The van der Waals surface area contributed by atoms with Gasteiger partial charge in [-0.3, -0.25) is 0 Å². The van der Waals surface area contributed by atoms with E-state index >= 15 is 0 Å². The molecule has 1 aliphatic carbocycles. The van der Waals surface area contributed by atoms with Crippen molar-refractivity contribution in [3.8, 4) is 0 Å². The van der Waals surface area contributed by atoms with Gasteiger partial charge in [0.2, 0.25) is 10.0 Å². The summed E-state index contributed by atoms with van der Waals surface area (Å²) >= 11 is 0. The predicted octanol–water partition coefficient (Wildman–Crippen LogP) is 2.49. The van der Waals surface area contributed by atoms with Crippen LogP contribution in [-0.4, -0.2) is 49.4 Å². The maximum Gasteiger partial charge on any atom is 0.410 e. The summed E-state index contributed by atoms with van der Waals surface area (Å²) in [5.41, 5.74) is -0.302. The number of carbonyl (C=O) groups excluding carboxylic acids is 1. The Labute approximate surface area is 140 Å². The monoisotopic (exact) mass is 346 g/mol. The van der Waals surface area contributed by atoms with E-state index in [1.807, 2.05) is 20.8 Å². The number of sulfonamides is 1. The third-order valence-electron chi connectivity index (χ3n) is 4.70. The van der Waals surface area contributed by atoms with Crippen LogP contribution in [0.1, 0.15) is 60.3 Å². The minimum atomic E-state index is -3.20. The second-order valence-electron chi connectivity index (χ2n) is 8.32. The van der Waals surface area contributed by atoms with Gasteiger partial charge in [0.1, 0.15) is 5.60 Å². The molecule has 0 aromatic rings. The Balaban J connectivity index is 1.79. The highest BCUT2D eigenvalue weighted by atomic mass is 32.2. The topological polar surface area (TPSA) is 75.7 Å². The first-order valence-corrected chi connectivity index (χ1v) is 9.96. The van der Waals surface area contributed by atoms with Crippen LogP contribution in [0.3, 0.4) is 0 Å². The van der Waals surface area contributed by atoms with Crippen LogP contribution in [-0.2, 0) is 14.8 Å². The quantitative estimate of drug-likeness (QED) is 0.852. The van der Waals surface area contributed by atoms with Crippen LogP contribution in [0, 0.1) is 5.41 Å². The molecule has 0 atom stereocenters. The largest absolute Gasteiger partial charge is 0.444 e. The lowest BCUT2D eigenvalue weighted by molar-refractivity contribution is -0.0508. The number of nitrogens with zero attached hydrogens (tertiary/aromatic N) is 1. The first kappa shape index (κ1) is 18.5. The SMILES string of the molecule is CC(C)S(=O)(=O)NC1CCC2(CC1)CN(C(=O)OC(C)(C)C)C2. The van der Waals surface area contributed by atoms with E-state index < -0.39 is 20.9 Å². The highest BCUT2D eigenvalue weighted by molar-refractivity contribution is 7.90. The molecule has 0 aromatic heterocycles. The summed E-state index contributed by atoms with van der Waals surface area (Å²) in [5, 5.41) is -0.398. The van der Waals surface area contributed by atoms with E-state index in [0.29, 0.717) is 0 Å². The normalized spacial score (nSPS) is 22.3. The Bertz CT molecular complexity index is 535. The number of amides is 1. The molecule has 1 amide bonds. The summed E-state index contributed by atoms with van der Waals surface area (Å²) in [4.78, 5) is 13.8. The molecule has 1 saturated carbocycles. The molecule has 0 bridgehead atoms. The van der Waals surface area contributed by atoms with Crippen molar-refractivity contribution in [2.45, 2.75) is 77.2 Å². The van der Waals surface area contributed by atoms with Gasteiger partial charge in [-0.05, 0) is 60.3 Å². The van der Waals surface area contributed by atoms with Crippen LogP contribution in [0.4, 0.5) is 4.79 Å². The van der Waals surface area contributed by atoms with Crippen molar-refractivity contribution in [2.24, 2.45) is 5.41 Å². The van der Waals surface area contributed by atoms with Crippen molar-refractivity contribution < 1.29 is 17.9 Å². The van der Waals surface area contributed by atoms with Gasteiger partial charge in [0.15, 0.2) is 0 Å². The minimum Gasteiger partial charge on any atom is -0.444 e. The molecule has 23 heavy (non-hydrogen) atoms. The number of likely N-dealkylation sites (tertiary alicyclic amines) is 1. The number of nitrogens with one attached hydrogen (secondary N) is 1. The number of carbonyl (C=O) groups is 1. The Kier molecular flexibility index (Phi) is 5.02. The highest BCUT2D eigenvalue weighted by Gasteiger charge is 2.48. The Morgan fingerprint density at radius 2 is 1.74 bits per heavy atom. The van der Waals surface area contributed by atoms with Gasteiger partial charge >= 0.3 is 6.09 Å². The van der Waals surface area contributed by atoms with Gasteiger partial charge in [-0.2, -0.15) is 0 Å². The maximum atomic E-state index is 12.0. The molecule has 2 aliphatic rings. The molecule has 0 radical (unpaired) electrons. The molecule has 1 N–H and O–H groups in total. The molecule has 0 aromatic carbocycles. The van der Waals surface area contributed by atoms with E-state index in [0.717, 1.165) is 38.8 Å². The zero-order valence-electron chi connectivity index (χ0n) is 14.9. The molecule has 0 unspecified atom stereocenters. The van der Waals surface area contributed by atoms with E-state index in [-0.39, 0.29) is 17.6 Å². The van der Waals surface area contributed by atoms with Crippen molar-refractivity contribution in [1.82, 2.24) is 9.62 Å². The molecule has 7 heteroatoms. The molecule has 2 rings (SSSR count). The van der Waals surface area contributed by atoms with Gasteiger partial charge in [0, 0.05) is 24.5 Å². The van der Waals surface area contributed by atoms with E-state index in [9.17, 15) is 13.2 Å². The van der Waals surface area contributed by atoms with Gasteiger partial charge in [0.05, 0.1) is 5.25 Å². The first-order valence-electron chi connectivity index (χ1n) is 8.42. The fourth-order valence-electron chi connectivity index (χ4n) is 3.25. The third kappa shape index (κ3) is 4.59. The summed E-state index contributed by atoms with van der Waals surface area (Å²) in [5.74, 6) is 0. The average Bonchev–Trinajstić information content (AvgIpc) is 2.34. The molecule has 6 nitrogen and oxygen atoms in total. The Morgan fingerprint density at radius 3 is 2.17 bits per heavy atom. The average molecular weight is 346 g/mol. The lowest BCUT2D eigenvalue weighted by Crippen LogP contribution is -2.61. The van der Waals surface area contributed by atoms with Crippen LogP contribution in [0.15, 0.2) is 0 Å². The lowest BCUT2D eigenvalue weighted by Gasteiger charge is -2.53. The number of hydrogen-bond donors (Lipinski definition) is 1. The summed E-state index contributed by atoms with van der Waals surface area (Å²) in [7, 11) is -3.20. The zero-order chi connectivity index (χ0) is 17.5. The van der Waals surface area contributed by atoms with Crippen molar-refractivity contribution >= 4 is 16.1 Å². The Morgan fingerprint density at radius 1 is 1.22 bits per heavy atom. The molecule has 1 aliphatic heterocycles. The Hall–Kier alpha value is -0.820. The van der Waals surface area contributed by atoms with Gasteiger partial charge in [-0.1, -0.05) is 0 Å². The van der Waals surface area contributed by atoms with Crippen LogP contribution in [0.5, 0.6) is 0 Å². The van der Waals surface area contributed by atoms with Gasteiger partial charge in [-0.15, -0.1) is 0 Å². The van der Waals surface area contributed by atoms with Crippen LogP contribution in [0.2, 0.25) is 0 Å². The fourth-order valence-corrected chi connectivity index (χ4v) is 4.22. The van der Waals surface area contributed by atoms with E-state index in [1.165, 1.54) is 0 Å². The van der Waals surface area contributed by atoms with Crippen molar-refractivity contribution in [3.63, 3.8) is 0 Å². The van der Waals surface area contributed by atoms with Gasteiger partial charge in [-0.25, -0.2) is 17.9 Å². The smallest absolute Gasteiger partial charge is 0.410 e.